The number of carbonyl (C=O) groups is 1. The zero-order valence-corrected chi connectivity index (χ0v) is 12.7. The van der Waals surface area contributed by atoms with Gasteiger partial charge in [0.05, 0.1) is 11.3 Å². The Kier molecular flexibility index (Phi) is 5.09. The Labute approximate surface area is 127 Å². The van der Waals surface area contributed by atoms with Gasteiger partial charge < -0.3 is 5.11 Å². The van der Waals surface area contributed by atoms with Crippen LogP contribution in [0.15, 0.2) is 29.6 Å². The number of aliphatic hydroxyl groups is 1. The Hall–Kier alpha value is -2.16. The van der Waals surface area contributed by atoms with Crippen LogP contribution >= 0.6 is 11.3 Å². The Bertz CT molecular complexity index is 696. The SMILES string of the molecule is CC(C)c1csc(NC(=O)c2ccccc2C#CCO)n1. The molecule has 2 rings (SSSR count). The van der Waals surface area contributed by atoms with E-state index in [2.05, 4.69) is 36.0 Å². The van der Waals surface area contributed by atoms with Gasteiger partial charge in [-0.3, -0.25) is 10.1 Å². The molecule has 2 aromatic rings. The molecule has 21 heavy (non-hydrogen) atoms. The molecule has 5 heteroatoms. The Morgan fingerprint density at radius 2 is 2.19 bits per heavy atom. The first-order chi connectivity index (χ1) is 10.1. The van der Waals surface area contributed by atoms with Crippen molar-refractivity contribution in [2.45, 2.75) is 19.8 Å². The predicted molar refractivity (Wildman–Crippen MR) is 84.6 cm³/mol. The van der Waals surface area contributed by atoms with E-state index in [9.17, 15) is 4.79 Å². The van der Waals surface area contributed by atoms with Crippen molar-refractivity contribution in [1.82, 2.24) is 4.98 Å². The van der Waals surface area contributed by atoms with Crippen molar-refractivity contribution < 1.29 is 9.90 Å². The number of hydrogen-bond donors (Lipinski definition) is 2. The van der Waals surface area contributed by atoms with Crippen LogP contribution in [0, 0.1) is 11.8 Å². The second kappa shape index (κ2) is 7.02. The van der Waals surface area contributed by atoms with Crippen LogP contribution in [0.4, 0.5) is 5.13 Å². The van der Waals surface area contributed by atoms with Crippen molar-refractivity contribution >= 4 is 22.4 Å². The second-order valence-electron chi connectivity index (χ2n) is 4.69. The monoisotopic (exact) mass is 300 g/mol. The molecule has 0 aliphatic rings. The molecule has 0 aliphatic carbocycles. The molecule has 0 atom stereocenters. The van der Waals surface area contributed by atoms with E-state index in [0.717, 1.165) is 5.69 Å². The molecule has 2 N–H and O–H groups in total. The summed E-state index contributed by atoms with van der Waals surface area (Å²) in [5, 5.41) is 14.1. The van der Waals surface area contributed by atoms with Gasteiger partial charge in [-0.25, -0.2) is 4.98 Å². The average molecular weight is 300 g/mol. The Balaban J connectivity index is 2.20. The normalized spacial score (nSPS) is 10.1. The van der Waals surface area contributed by atoms with Crippen molar-refractivity contribution in [3.8, 4) is 11.8 Å². The molecule has 0 radical (unpaired) electrons. The number of aromatic nitrogens is 1. The van der Waals surface area contributed by atoms with E-state index >= 15 is 0 Å². The highest BCUT2D eigenvalue weighted by Crippen LogP contribution is 2.22. The molecule has 0 fully saturated rings. The van der Waals surface area contributed by atoms with Gasteiger partial charge in [-0.15, -0.1) is 11.3 Å². The number of aliphatic hydroxyl groups excluding tert-OH is 1. The number of thiazole rings is 1. The maximum absolute atomic E-state index is 12.3. The molecule has 1 aromatic heterocycles. The zero-order chi connectivity index (χ0) is 15.2. The molecule has 0 spiro atoms. The fourth-order valence-electron chi connectivity index (χ4n) is 1.70. The molecule has 0 bridgehead atoms. The van der Waals surface area contributed by atoms with Crippen LogP contribution in [0.3, 0.4) is 0 Å². The van der Waals surface area contributed by atoms with Gasteiger partial charge in [0.1, 0.15) is 6.61 Å². The Morgan fingerprint density at radius 3 is 2.86 bits per heavy atom. The van der Waals surface area contributed by atoms with E-state index in [1.807, 2.05) is 5.38 Å². The average Bonchev–Trinajstić information content (AvgIpc) is 2.94. The van der Waals surface area contributed by atoms with Crippen molar-refractivity contribution in [3.63, 3.8) is 0 Å². The summed E-state index contributed by atoms with van der Waals surface area (Å²) < 4.78 is 0. The summed E-state index contributed by atoms with van der Waals surface area (Å²) in [7, 11) is 0. The molecular formula is C16H16N2O2S. The predicted octanol–water partition coefficient (Wildman–Crippen LogP) is 2.86. The van der Waals surface area contributed by atoms with Gasteiger partial charge in [0.15, 0.2) is 5.13 Å². The van der Waals surface area contributed by atoms with Crippen LogP contribution in [0.5, 0.6) is 0 Å². The van der Waals surface area contributed by atoms with E-state index in [1.54, 1.807) is 24.3 Å². The third kappa shape index (κ3) is 3.91. The molecular weight excluding hydrogens is 284 g/mol. The van der Waals surface area contributed by atoms with Crippen LogP contribution in [0.25, 0.3) is 0 Å². The quantitative estimate of drug-likeness (QED) is 0.857. The standard InChI is InChI=1S/C16H16N2O2S/c1-11(2)14-10-21-16(17-14)18-15(20)13-8-4-3-6-12(13)7-5-9-19/h3-4,6,8,10-11,19H,9H2,1-2H3,(H,17,18,20). The highest BCUT2D eigenvalue weighted by atomic mass is 32.1. The molecule has 0 saturated heterocycles. The molecule has 1 amide bonds. The lowest BCUT2D eigenvalue weighted by Crippen LogP contribution is -2.13. The van der Waals surface area contributed by atoms with Crippen molar-refractivity contribution in [1.29, 1.82) is 0 Å². The molecule has 0 aliphatic heterocycles. The molecule has 108 valence electrons. The van der Waals surface area contributed by atoms with Crippen LogP contribution in [0.1, 0.15) is 41.4 Å². The molecule has 1 heterocycles. The Morgan fingerprint density at radius 1 is 1.43 bits per heavy atom. The van der Waals surface area contributed by atoms with E-state index in [0.29, 0.717) is 22.2 Å². The van der Waals surface area contributed by atoms with Gasteiger partial charge in [-0.2, -0.15) is 0 Å². The summed E-state index contributed by atoms with van der Waals surface area (Å²) in [4.78, 5) is 16.7. The lowest BCUT2D eigenvalue weighted by atomic mass is 10.1. The molecule has 0 saturated carbocycles. The van der Waals surface area contributed by atoms with Crippen LogP contribution in [-0.2, 0) is 0 Å². The van der Waals surface area contributed by atoms with E-state index < -0.39 is 0 Å². The number of nitrogens with one attached hydrogen (secondary N) is 1. The number of rotatable bonds is 3. The number of amides is 1. The van der Waals surface area contributed by atoms with Crippen LogP contribution in [-0.4, -0.2) is 22.6 Å². The van der Waals surface area contributed by atoms with Crippen molar-refractivity contribution in [3.05, 3.63) is 46.5 Å². The maximum atomic E-state index is 12.3. The fourth-order valence-corrected chi connectivity index (χ4v) is 2.57. The summed E-state index contributed by atoms with van der Waals surface area (Å²) in [6, 6.07) is 7.03. The summed E-state index contributed by atoms with van der Waals surface area (Å²) in [5.74, 6) is 5.41. The molecule has 4 nitrogen and oxygen atoms in total. The van der Waals surface area contributed by atoms with E-state index in [1.165, 1.54) is 11.3 Å². The van der Waals surface area contributed by atoms with Crippen molar-refractivity contribution in [2.24, 2.45) is 0 Å². The van der Waals surface area contributed by atoms with Crippen LogP contribution in [0.2, 0.25) is 0 Å². The zero-order valence-electron chi connectivity index (χ0n) is 11.9. The minimum absolute atomic E-state index is 0.236. The first-order valence-corrected chi connectivity index (χ1v) is 7.45. The summed E-state index contributed by atoms with van der Waals surface area (Å²) in [5.41, 5.74) is 2.02. The number of hydrogen-bond acceptors (Lipinski definition) is 4. The maximum Gasteiger partial charge on any atom is 0.258 e. The largest absolute Gasteiger partial charge is 0.384 e. The summed E-state index contributed by atoms with van der Waals surface area (Å²) in [6.07, 6.45) is 0. The lowest BCUT2D eigenvalue weighted by molar-refractivity contribution is 0.102. The summed E-state index contributed by atoms with van der Waals surface area (Å²) in [6.45, 7) is 3.88. The second-order valence-corrected chi connectivity index (χ2v) is 5.55. The molecule has 1 aromatic carbocycles. The van der Waals surface area contributed by atoms with E-state index in [4.69, 9.17) is 5.11 Å². The number of anilines is 1. The third-order valence-corrected chi connectivity index (χ3v) is 3.58. The van der Waals surface area contributed by atoms with Gasteiger partial charge in [0, 0.05) is 10.9 Å². The third-order valence-electron chi connectivity index (χ3n) is 2.81. The van der Waals surface area contributed by atoms with Gasteiger partial charge in [-0.1, -0.05) is 37.8 Å². The van der Waals surface area contributed by atoms with Gasteiger partial charge >= 0.3 is 0 Å². The van der Waals surface area contributed by atoms with Crippen LogP contribution < -0.4 is 5.32 Å². The smallest absolute Gasteiger partial charge is 0.258 e. The number of benzene rings is 1. The number of carbonyl (C=O) groups excluding carboxylic acids is 1. The minimum atomic E-state index is -0.248. The topological polar surface area (TPSA) is 62.2 Å². The van der Waals surface area contributed by atoms with Gasteiger partial charge in [-0.05, 0) is 18.1 Å². The van der Waals surface area contributed by atoms with Gasteiger partial charge in [0.2, 0.25) is 0 Å². The molecule has 0 unspecified atom stereocenters. The highest BCUT2D eigenvalue weighted by molar-refractivity contribution is 7.14. The first kappa shape index (κ1) is 15.2. The minimum Gasteiger partial charge on any atom is -0.384 e. The van der Waals surface area contributed by atoms with Gasteiger partial charge in [0.25, 0.3) is 5.91 Å². The fraction of sp³-hybridized carbons (Fsp3) is 0.250. The van der Waals surface area contributed by atoms with Crippen molar-refractivity contribution in [2.75, 3.05) is 11.9 Å². The lowest BCUT2D eigenvalue weighted by Gasteiger charge is -2.04. The highest BCUT2D eigenvalue weighted by Gasteiger charge is 2.12. The van der Waals surface area contributed by atoms with E-state index in [-0.39, 0.29) is 12.5 Å². The first-order valence-electron chi connectivity index (χ1n) is 6.57. The summed E-state index contributed by atoms with van der Waals surface area (Å²) >= 11 is 1.41. The number of nitrogens with zero attached hydrogens (tertiary/aromatic N) is 1.